The van der Waals surface area contributed by atoms with Crippen LogP contribution in [-0.4, -0.2) is 40.7 Å². The maximum atomic E-state index is 12.7. The molecule has 0 amide bonds. The fourth-order valence-electron chi connectivity index (χ4n) is 3.99. The Bertz CT molecular complexity index is 1010. The van der Waals surface area contributed by atoms with E-state index in [9.17, 15) is 4.79 Å². The summed E-state index contributed by atoms with van der Waals surface area (Å²) in [6.45, 7) is 3.04. The first-order valence-electron chi connectivity index (χ1n) is 10.1. The highest BCUT2D eigenvalue weighted by atomic mass is 16.5. The van der Waals surface area contributed by atoms with E-state index in [1.54, 1.807) is 17.9 Å². The number of nitrogens with zero attached hydrogens (tertiary/aromatic N) is 3. The molecule has 1 aromatic heterocycles. The Morgan fingerprint density at radius 1 is 1.14 bits per heavy atom. The van der Waals surface area contributed by atoms with Gasteiger partial charge in [0.2, 0.25) is 5.78 Å². The number of carbonyl (C=O) groups excluding carboxylic acids is 1. The normalized spacial score (nSPS) is 15.9. The van der Waals surface area contributed by atoms with E-state index in [0.717, 1.165) is 49.1 Å². The molecule has 5 nitrogen and oxygen atoms in total. The SMILES string of the molecule is COc1ccc(CN2CCC(C=CC(=O)c3nn(C)c4ccccc34)CC2)cc1. The average Bonchev–Trinajstić information content (AvgIpc) is 3.10. The van der Waals surface area contributed by atoms with E-state index in [0.29, 0.717) is 11.6 Å². The Kier molecular flexibility index (Phi) is 5.76. The molecule has 1 fully saturated rings. The lowest BCUT2D eigenvalue weighted by Gasteiger charge is -2.30. The molecule has 0 unspecified atom stereocenters. The third kappa shape index (κ3) is 4.40. The van der Waals surface area contributed by atoms with E-state index in [1.807, 2.05) is 43.4 Å². The van der Waals surface area contributed by atoms with Crippen molar-refractivity contribution >= 4 is 16.7 Å². The molecule has 2 aromatic carbocycles. The van der Waals surface area contributed by atoms with Crippen molar-refractivity contribution in [1.82, 2.24) is 14.7 Å². The lowest BCUT2D eigenvalue weighted by molar-refractivity contribution is 0.104. The number of benzene rings is 2. The number of methoxy groups -OCH3 is 1. The third-order valence-corrected chi connectivity index (χ3v) is 5.71. The first kappa shape index (κ1) is 19.4. The zero-order chi connectivity index (χ0) is 20.2. The van der Waals surface area contributed by atoms with Gasteiger partial charge >= 0.3 is 0 Å². The fraction of sp³-hybridized carbons (Fsp3) is 0.333. The third-order valence-electron chi connectivity index (χ3n) is 5.71. The molecule has 4 rings (SSSR count). The van der Waals surface area contributed by atoms with Crippen LogP contribution < -0.4 is 4.74 Å². The number of para-hydroxylation sites is 1. The molecule has 0 N–H and O–H groups in total. The van der Waals surface area contributed by atoms with Gasteiger partial charge in [0.15, 0.2) is 0 Å². The Morgan fingerprint density at radius 2 is 1.86 bits per heavy atom. The molecular formula is C24H27N3O2. The summed E-state index contributed by atoms with van der Waals surface area (Å²) in [7, 11) is 3.57. The molecule has 0 atom stereocenters. The number of aromatic nitrogens is 2. The second-order valence-electron chi connectivity index (χ2n) is 7.67. The van der Waals surface area contributed by atoms with Crippen LogP contribution in [0.3, 0.4) is 0 Å². The number of piperidine rings is 1. The molecule has 5 heteroatoms. The van der Waals surface area contributed by atoms with Crippen molar-refractivity contribution in [1.29, 1.82) is 0 Å². The van der Waals surface area contributed by atoms with Crippen LogP contribution in [0.25, 0.3) is 10.9 Å². The minimum atomic E-state index is -0.0116. The molecule has 0 radical (unpaired) electrons. The maximum Gasteiger partial charge on any atom is 0.206 e. The largest absolute Gasteiger partial charge is 0.497 e. The number of aryl methyl sites for hydroxylation is 1. The predicted molar refractivity (Wildman–Crippen MR) is 115 cm³/mol. The van der Waals surface area contributed by atoms with Gasteiger partial charge in [-0.25, -0.2) is 0 Å². The molecular weight excluding hydrogens is 362 g/mol. The number of ether oxygens (including phenoxy) is 1. The second-order valence-corrected chi connectivity index (χ2v) is 7.67. The lowest BCUT2D eigenvalue weighted by atomic mass is 9.95. The van der Waals surface area contributed by atoms with Gasteiger partial charge in [0.1, 0.15) is 11.4 Å². The number of carbonyl (C=O) groups is 1. The van der Waals surface area contributed by atoms with Crippen LogP contribution in [0.2, 0.25) is 0 Å². The highest BCUT2D eigenvalue weighted by Crippen LogP contribution is 2.22. The van der Waals surface area contributed by atoms with Gasteiger partial charge in [-0.3, -0.25) is 14.4 Å². The molecule has 2 heterocycles. The molecule has 0 spiro atoms. The van der Waals surface area contributed by atoms with Gasteiger partial charge in [-0.2, -0.15) is 5.10 Å². The Balaban J connectivity index is 1.33. The molecule has 29 heavy (non-hydrogen) atoms. The number of likely N-dealkylation sites (tertiary alicyclic amines) is 1. The van der Waals surface area contributed by atoms with E-state index in [1.165, 1.54) is 5.56 Å². The topological polar surface area (TPSA) is 47.4 Å². The number of allylic oxidation sites excluding steroid dienone is 2. The van der Waals surface area contributed by atoms with Gasteiger partial charge in [0.05, 0.1) is 12.6 Å². The molecule has 1 aliphatic rings. The summed E-state index contributed by atoms with van der Waals surface area (Å²) in [5.74, 6) is 1.33. The van der Waals surface area contributed by atoms with Crippen LogP contribution in [0, 0.1) is 5.92 Å². The monoisotopic (exact) mass is 389 g/mol. The lowest BCUT2D eigenvalue weighted by Crippen LogP contribution is -2.32. The smallest absolute Gasteiger partial charge is 0.206 e. The first-order valence-corrected chi connectivity index (χ1v) is 10.1. The average molecular weight is 389 g/mol. The van der Waals surface area contributed by atoms with Gasteiger partial charge in [-0.1, -0.05) is 36.4 Å². The van der Waals surface area contributed by atoms with Crippen LogP contribution >= 0.6 is 0 Å². The van der Waals surface area contributed by atoms with Gasteiger partial charge in [0, 0.05) is 19.0 Å². The van der Waals surface area contributed by atoms with Crippen LogP contribution in [0.4, 0.5) is 0 Å². The van der Waals surface area contributed by atoms with E-state index >= 15 is 0 Å². The van der Waals surface area contributed by atoms with Crippen molar-refractivity contribution < 1.29 is 9.53 Å². The molecule has 0 aliphatic carbocycles. The Labute approximate surface area is 171 Å². The summed E-state index contributed by atoms with van der Waals surface area (Å²) in [6.07, 6.45) is 5.95. The summed E-state index contributed by atoms with van der Waals surface area (Å²) >= 11 is 0. The molecule has 3 aromatic rings. The highest BCUT2D eigenvalue weighted by molar-refractivity contribution is 6.11. The zero-order valence-electron chi connectivity index (χ0n) is 17.0. The highest BCUT2D eigenvalue weighted by Gasteiger charge is 2.19. The van der Waals surface area contributed by atoms with E-state index in [4.69, 9.17) is 4.74 Å². The summed E-state index contributed by atoms with van der Waals surface area (Å²) in [6, 6.07) is 16.1. The number of rotatable bonds is 6. The molecule has 1 saturated heterocycles. The van der Waals surface area contributed by atoms with Gasteiger partial charge in [-0.05, 0) is 61.7 Å². The molecule has 0 bridgehead atoms. The van der Waals surface area contributed by atoms with Gasteiger partial charge in [0.25, 0.3) is 0 Å². The van der Waals surface area contributed by atoms with E-state index in [-0.39, 0.29) is 5.78 Å². The van der Waals surface area contributed by atoms with Crippen LogP contribution in [0.5, 0.6) is 5.75 Å². The number of hydrogen-bond donors (Lipinski definition) is 0. The van der Waals surface area contributed by atoms with E-state index < -0.39 is 0 Å². The first-order chi connectivity index (χ1) is 14.1. The Hall–Kier alpha value is -2.92. The second kappa shape index (κ2) is 8.62. The fourth-order valence-corrected chi connectivity index (χ4v) is 3.99. The summed E-state index contributed by atoms with van der Waals surface area (Å²) in [5, 5.41) is 5.34. The van der Waals surface area contributed by atoms with Crippen molar-refractivity contribution in [2.75, 3.05) is 20.2 Å². The van der Waals surface area contributed by atoms with Gasteiger partial charge in [-0.15, -0.1) is 0 Å². The van der Waals surface area contributed by atoms with Crippen molar-refractivity contribution in [3.8, 4) is 5.75 Å². The van der Waals surface area contributed by atoms with Crippen molar-refractivity contribution in [3.05, 3.63) is 71.9 Å². The maximum absolute atomic E-state index is 12.7. The summed E-state index contributed by atoms with van der Waals surface area (Å²) in [4.78, 5) is 15.2. The molecule has 1 aliphatic heterocycles. The minimum absolute atomic E-state index is 0.0116. The number of fused-ring (bicyclic) bond motifs is 1. The molecule has 150 valence electrons. The number of hydrogen-bond acceptors (Lipinski definition) is 4. The quantitative estimate of drug-likeness (QED) is 0.467. The predicted octanol–water partition coefficient (Wildman–Crippen LogP) is 4.23. The van der Waals surface area contributed by atoms with Crippen molar-refractivity contribution in [2.45, 2.75) is 19.4 Å². The number of ketones is 1. The van der Waals surface area contributed by atoms with Crippen LogP contribution in [0.1, 0.15) is 28.9 Å². The van der Waals surface area contributed by atoms with Crippen molar-refractivity contribution in [3.63, 3.8) is 0 Å². The molecule has 0 saturated carbocycles. The van der Waals surface area contributed by atoms with Crippen LogP contribution in [0.15, 0.2) is 60.7 Å². The Morgan fingerprint density at radius 3 is 2.59 bits per heavy atom. The van der Waals surface area contributed by atoms with Crippen molar-refractivity contribution in [2.24, 2.45) is 13.0 Å². The zero-order valence-corrected chi connectivity index (χ0v) is 17.0. The summed E-state index contributed by atoms with van der Waals surface area (Å²) < 4.78 is 6.99. The van der Waals surface area contributed by atoms with Gasteiger partial charge < -0.3 is 4.74 Å². The standard InChI is InChI=1S/C24H27N3O2/c1-26-22-6-4-3-5-21(22)24(25-26)23(28)12-9-18-13-15-27(16-14-18)17-19-7-10-20(29-2)11-8-19/h3-12,18H,13-17H2,1-2H3. The minimum Gasteiger partial charge on any atom is -0.497 e. The van der Waals surface area contributed by atoms with E-state index in [2.05, 4.69) is 28.2 Å². The van der Waals surface area contributed by atoms with Crippen LogP contribution in [-0.2, 0) is 13.6 Å². The summed E-state index contributed by atoms with van der Waals surface area (Å²) in [5.41, 5.74) is 2.82.